The Morgan fingerprint density at radius 2 is 2.11 bits per heavy atom. The van der Waals surface area contributed by atoms with Gasteiger partial charge in [-0.25, -0.2) is 4.39 Å². The van der Waals surface area contributed by atoms with E-state index in [1.165, 1.54) is 6.07 Å². The average molecular weight is 282 g/mol. The first kappa shape index (κ1) is 16.1. The van der Waals surface area contributed by atoms with Crippen LogP contribution in [0.5, 0.6) is 0 Å². The Hall–Kier alpha value is -1.00. The predicted octanol–water partition coefficient (Wildman–Crippen LogP) is 3.35. The van der Waals surface area contributed by atoms with E-state index in [0.29, 0.717) is 4.99 Å². The molecule has 0 saturated carbocycles. The smallest absolute Gasteiger partial charge is 0.123 e. The van der Waals surface area contributed by atoms with Crippen LogP contribution in [0.1, 0.15) is 32.3 Å². The molecule has 0 spiro atoms. The van der Waals surface area contributed by atoms with Crippen LogP contribution in [0.2, 0.25) is 0 Å². The van der Waals surface area contributed by atoms with E-state index in [1.54, 1.807) is 12.1 Å². The lowest BCUT2D eigenvalue weighted by Gasteiger charge is -2.24. The number of rotatable bonds is 7. The summed E-state index contributed by atoms with van der Waals surface area (Å²) < 4.78 is 13.1. The van der Waals surface area contributed by atoms with Gasteiger partial charge >= 0.3 is 0 Å². The molecule has 19 heavy (non-hydrogen) atoms. The van der Waals surface area contributed by atoms with Crippen molar-refractivity contribution in [1.82, 2.24) is 4.90 Å². The van der Waals surface area contributed by atoms with Gasteiger partial charge in [-0.05, 0) is 44.1 Å². The van der Waals surface area contributed by atoms with E-state index in [1.807, 2.05) is 13.1 Å². The highest BCUT2D eigenvalue weighted by atomic mass is 32.1. The van der Waals surface area contributed by atoms with Gasteiger partial charge in [-0.3, -0.25) is 0 Å². The Morgan fingerprint density at radius 3 is 2.68 bits per heavy atom. The van der Waals surface area contributed by atoms with Crippen LogP contribution in [0, 0.1) is 11.2 Å². The summed E-state index contributed by atoms with van der Waals surface area (Å²) in [6, 6.07) is 6.73. The number of benzene rings is 1. The molecular weight excluding hydrogens is 259 g/mol. The highest BCUT2D eigenvalue weighted by Gasteiger charge is 2.20. The van der Waals surface area contributed by atoms with Gasteiger partial charge in [0.15, 0.2) is 0 Å². The summed E-state index contributed by atoms with van der Waals surface area (Å²) in [5.41, 5.74) is 6.61. The number of halogens is 1. The number of hydrogen-bond acceptors (Lipinski definition) is 2. The molecule has 0 aliphatic carbocycles. The lowest BCUT2D eigenvalue weighted by molar-refractivity contribution is 0.301. The Balaban J connectivity index is 2.36. The van der Waals surface area contributed by atoms with Gasteiger partial charge in [0.05, 0.1) is 4.99 Å². The molecule has 1 aromatic carbocycles. The third kappa shape index (κ3) is 5.66. The summed E-state index contributed by atoms with van der Waals surface area (Å²) in [7, 11) is 2.04. The molecule has 0 heterocycles. The fraction of sp³-hybridized carbons (Fsp3) is 0.533. The number of nitrogens with zero attached hydrogens (tertiary/aromatic N) is 1. The topological polar surface area (TPSA) is 29.3 Å². The zero-order chi connectivity index (χ0) is 14.5. The molecule has 0 aliphatic heterocycles. The molecule has 0 amide bonds. The van der Waals surface area contributed by atoms with Crippen LogP contribution in [0.4, 0.5) is 4.39 Å². The van der Waals surface area contributed by atoms with Crippen LogP contribution in [-0.4, -0.2) is 23.5 Å². The molecule has 1 rings (SSSR count). The van der Waals surface area contributed by atoms with Gasteiger partial charge in [-0.15, -0.1) is 0 Å². The minimum Gasteiger partial charge on any atom is -0.393 e. The molecule has 1 aromatic rings. The molecule has 0 aromatic heterocycles. The zero-order valence-electron chi connectivity index (χ0n) is 11.9. The van der Waals surface area contributed by atoms with Crippen molar-refractivity contribution in [3.8, 4) is 0 Å². The summed E-state index contributed by atoms with van der Waals surface area (Å²) in [6.07, 6.45) is 1.99. The second kappa shape index (κ2) is 6.96. The van der Waals surface area contributed by atoms with Crippen molar-refractivity contribution in [2.24, 2.45) is 11.1 Å². The van der Waals surface area contributed by atoms with Crippen molar-refractivity contribution in [3.63, 3.8) is 0 Å². The van der Waals surface area contributed by atoms with Crippen molar-refractivity contribution in [2.75, 3.05) is 13.6 Å². The van der Waals surface area contributed by atoms with Gasteiger partial charge in [-0.2, -0.15) is 0 Å². The maximum atomic E-state index is 13.1. The van der Waals surface area contributed by atoms with E-state index >= 15 is 0 Å². The number of thiocarbonyl (C=S) groups is 1. The van der Waals surface area contributed by atoms with Crippen LogP contribution < -0.4 is 5.73 Å². The predicted molar refractivity (Wildman–Crippen MR) is 82.5 cm³/mol. The molecule has 0 saturated heterocycles. The summed E-state index contributed by atoms with van der Waals surface area (Å²) in [4.78, 5) is 2.75. The van der Waals surface area contributed by atoms with Crippen LogP contribution in [0.3, 0.4) is 0 Å². The zero-order valence-corrected chi connectivity index (χ0v) is 12.8. The lowest BCUT2D eigenvalue weighted by atomic mass is 9.88. The molecule has 106 valence electrons. The first-order valence-electron chi connectivity index (χ1n) is 6.54. The SMILES string of the molecule is CN(CCCC(C)(C)C(N)=S)Cc1cccc(F)c1. The van der Waals surface area contributed by atoms with Crippen LogP contribution in [0.25, 0.3) is 0 Å². The highest BCUT2D eigenvalue weighted by molar-refractivity contribution is 7.80. The molecule has 0 atom stereocenters. The number of hydrogen-bond donors (Lipinski definition) is 1. The Bertz CT molecular complexity index is 432. The average Bonchev–Trinajstić information content (AvgIpc) is 2.28. The van der Waals surface area contributed by atoms with Crippen molar-refractivity contribution in [1.29, 1.82) is 0 Å². The highest BCUT2D eigenvalue weighted by Crippen LogP contribution is 2.22. The Labute approximate surface area is 120 Å². The number of nitrogens with two attached hydrogens (primary N) is 1. The van der Waals surface area contributed by atoms with Gasteiger partial charge < -0.3 is 10.6 Å². The maximum absolute atomic E-state index is 13.1. The minimum atomic E-state index is -0.180. The third-order valence-corrected chi connectivity index (χ3v) is 3.90. The largest absolute Gasteiger partial charge is 0.393 e. The molecule has 0 fully saturated rings. The van der Waals surface area contributed by atoms with Crippen LogP contribution in [-0.2, 0) is 6.54 Å². The second-order valence-corrected chi connectivity index (χ2v) is 6.16. The van der Waals surface area contributed by atoms with Gasteiger partial charge in [0, 0.05) is 12.0 Å². The third-order valence-electron chi connectivity index (χ3n) is 3.35. The molecule has 0 unspecified atom stereocenters. The fourth-order valence-electron chi connectivity index (χ4n) is 1.94. The standard InChI is InChI=1S/C15H23FN2S/c1-15(2,14(17)19)8-5-9-18(3)11-12-6-4-7-13(16)10-12/h4,6-7,10H,5,8-9,11H2,1-3H3,(H2,17,19). The molecule has 2 N–H and O–H groups in total. The van der Waals surface area contributed by atoms with E-state index in [0.717, 1.165) is 31.5 Å². The molecular formula is C15H23FN2S. The quantitative estimate of drug-likeness (QED) is 0.778. The summed E-state index contributed by atoms with van der Waals surface area (Å²) >= 11 is 5.05. The van der Waals surface area contributed by atoms with Crippen molar-refractivity contribution in [3.05, 3.63) is 35.6 Å². The van der Waals surface area contributed by atoms with E-state index in [-0.39, 0.29) is 11.2 Å². The minimum absolute atomic E-state index is 0.0883. The molecule has 0 aliphatic rings. The van der Waals surface area contributed by atoms with Gasteiger partial charge in [0.2, 0.25) is 0 Å². The van der Waals surface area contributed by atoms with Gasteiger partial charge in [0.1, 0.15) is 5.82 Å². The van der Waals surface area contributed by atoms with Crippen molar-refractivity contribution in [2.45, 2.75) is 33.2 Å². The normalized spacial score (nSPS) is 11.8. The molecule has 2 nitrogen and oxygen atoms in total. The molecule has 0 bridgehead atoms. The van der Waals surface area contributed by atoms with E-state index in [2.05, 4.69) is 18.7 Å². The van der Waals surface area contributed by atoms with Gasteiger partial charge in [-0.1, -0.05) is 38.2 Å². The van der Waals surface area contributed by atoms with E-state index in [4.69, 9.17) is 18.0 Å². The lowest BCUT2D eigenvalue weighted by Crippen LogP contribution is -2.30. The van der Waals surface area contributed by atoms with Crippen LogP contribution >= 0.6 is 12.2 Å². The first-order valence-corrected chi connectivity index (χ1v) is 6.95. The fourth-order valence-corrected chi connectivity index (χ4v) is 2.04. The first-order chi connectivity index (χ1) is 8.81. The monoisotopic (exact) mass is 282 g/mol. The van der Waals surface area contributed by atoms with Gasteiger partial charge in [0.25, 0.3) is 0 Å². The Kier molecular flexibility index (Phi) is 5.88. The second-order valence-electron chi connectivity index (χ2n) is 5.72. The Morgan fingerprint density at radius 1 is 1.42 bits per heavy atom. The van der Waals surface area contributed by atoms with Crippen LogP contribution in [0.15, 0.2) is 24.3 Å². The van der Waals surface area contributed by atoms with E-state index in [9.17, 15) is 4.39 Å². The van der Waals surface area contributed by atoms with Crippen molar-refractivity contribution < 1.29 is 4.39 Å². The van der Waals surface area contributed by atoms with Crippen molar-refractivity contribution >= 4 is 17.2 Å². The summed E-state index contributed by atoms with van der Waals surface area (Å²) in [5, 5.41) is 0. The summed E-state index contributed by atoms with van der Waals surface area (Å²) in [6.45, 7) is 5.84. The molecule has 4 heteroatoms. The maximum Gasteiger partial charge on any atom is 0.123 e. The summed E-state index contributed by atoms with van der Waals surface area (Å²) in [5.74, 6) is -0.180. The van der Waals surface area contributed by atoms with E-state index < -0.39 is 0 Å². The molecule has 0 radical (unpaired) electrons.